The first-order chi connectivity index (χ1) is 21.6. The van der Waals surface area contributed by atoms with Gasteiger partial charge < -0.3 is 14.1 Å². The van der Waals surface area contributed by atoms with Gasteiger partial charge in [0.2, 0.25) is 5.91 Å². The number of aryl methyl sites for hydroxylation is 1. The highest BCUT2D eigenvalue weighted by Gasteiger charge is 2.31. The lowest BCUT2D eigenvalue weighted by Gasteiger charge is -2.25. The van der Waals surface area contributed by atoms with E-state index in [2.05, 4.69) is 44.5 Å². The molecule has 1 heterocycles. The maximum absolute atomic E-state index is 13.1. The van der Waals surface area contributed by atoms with E-state index in [9.17, 15) is 14.4 Å². The fourth-order valence-electron chi connectivity index (χ4n) is 6.17. The minimum atomic E-state index is -0.596. The molecular weight excluding hydrogens is 630 g/mol. The summed E-state index contributed by atoms with van der Waals surface area (Å²) < 4.78 is 8.77. The monoisotopic (exact) mass is 671 g/mol. The fraction of sp³-hybridized carbons (Fsp3) is 0.432. The molecule has 8 heteroatoms. The van der Waals surface area contributed by atoms with Gasteiger partial charge in [-0.15, -0.1) is 0 Å². The van der Waals surface area contributed by atoms with Gasteiger partial charge in [-0.2, -0.15) is 0 Å². The molecule has 1 aromatic heterocycles. The first-order valence-electron chi connectivity index (χ1n) is 16.0. The van der Waals surface area contributed by atoms with Crippen LogP contribution < -0.4 is 0 Å². The highest BCUT2D eigenvalue weighted by atomic mass is 79.9. The number of halogens is 1. The molecule has 2 aliphatic rings. The number of nitrogens with zero attached hydrogens (tertiary/aromatic N) is 3. The number of fused-ring (bicyclic) bond motifs is 1. The van der Waals surface area contributed by atoms with Crippen molar-refractivity contribution >= 4 is 45.9 Å². The van der Waals surface area contributed by atoms with Gasteiger partial charge in [-0.05, 0) is 81.0 Å². The van der Waals surface area contributed by atoms with E-state index in [1.165, 1.54) is 0 Å². The summed E-state index contributed by atoms with van der Waals surface area (Å²) in [6.07, 6.45) is 11.7. The van der Waals surface area contributed by atoms with Crippen LogP contribution in [0.15, 0.2) is 58.0 Å². The molecule has 2 atom stereocenters. The lowest BCUT2D eigenvalue weighted by Crippen LogP contribution is -2.28. The molecule has 5 rings (SSSR count). The van der Waals surface area contributed by atoms with Crippen LogP contribution in [-0.4, -0.2) is 39.0 Å². The third kappa shape index (κ3) is 7.96. The normalized spacial score (nSPS) is 18.9. The topological polar surface area (TPSA) is 90.6 Å². The van der Waals surface area contributed by atoms with Crippen LogP contribution in [0.25, 0.3) is 17.2 Å². The van der Waals surface area contributed by atoms with Crippen molar-refractivity contribution in [3.05, 3.63) is 81.4 Å². The summed E-state index contributed by atoms with van der Waals surface area (Å²) in [6.45, 7) is 8.40. The summed E-state index contributed by atoms with van der Waals surface area (Å²) in [6, 6.07) is 13.9. The fourth-order valence-corrected chi connectivity index (χ4v) is 6.53. The average Bonchev–Trinajstić information content (AvgIpc) is 3.35. The summed E-state index contributed by atoms with van der Waals surface area (Å²) in [7, 11) is 0. The zero-order valence-corrected chi connectivity index (χ0v) is 28.2. The highest BCUT2D eigenvalue weighted by molar-refractivity contribution is 9.10. The van der Waals surface area contributed by atoms with Crippen molar-refractivity contribution in [3.63, 3.8) is 0 Å². The van der Waals surface area contributed by atoms with E-state index >= 15 is 0 Å². The SMILES string of the molecule is CCCCc1nc2c(n1Cc1ccc(-c3ccc(Br)cc3C(=O)OC(C)(C)C)cc1)CC(=NC(=O)[C@@H]1CCCC[C@@H]1C=O)C=C2. The van der Waals surface area contributed by atoms with E-state index in [4.69, 9.17) is 9.72 Å². The van der Waals surface area contributed by atoms with E-state index in [-0.39, 0.29) is 23.7 Å². The molecule has 1 amide bonds. The smallest absolute Gasteiger partial charge is 0.339 e. The highest BCUT2D eigenvalue weighted by Crippen LogP contribution is 2.32. The van der Waals surface area contributed by atoms with Crippen molar-refractivity contribution in [3.8, 4) is 11.1 Å². The summed E-state index contributed by atoms with van der Waals surface area (Å²) >= 11 is 3.50. The van der Waals surface area contributed by atoms with Crippen LogP contribution in [0, 0.1) is 11.8 Å². The Morgan fingerprint density at radius 1 is 1.09 bits per heavy atom. The number of aliphatic imine (C=N–C) groups is 1. The molecule has 3 aromatic rings. The Balaban J connectivity index is 1.40. The number of imidazole rings is 1. The number of hydrogen-bond acceptors (Lipinski definition) is 5. The molecule has 1 saturated carbocycles. The quantitative estimate of drug-likeness (QED) is 0.169. The number of aromatic nitrogens is 2. The number of aldehydes is 1. The van der Waals surface area contributed by atoms with Crippen molar-refractivity contribution < 1.29 is 19.1 Å². The zero-order valence-electron chi connectivity index (χ0n) is 26.6. The van der Waals surface area contributed by atoms with Crippen LogP contribution in [0.1, 0.15) is 99.4 Å². The molecule has 236 valence electrons. The Hall–Kier alpha value is -3.65. The second-order valence-electron chi connectivity index (χ2n) is 13.1. The number of esters is 1. The van der Waals surface area contributed by atoms with E-state index < -0.39 is 5.60 Å². The lowest BCUT2D eigenvalue weighted by molar-refractivity contribution is -0.128. The van der Waals surface area contributed by atoms with Gasteiger partial charge in [-0.1, -0.05) is 72.4 Å². The van der Waals surface area contributed by atoms with Gasteiger partial charge >= 0.3 is 5.97 Å². The summed E-state index contributed by atoms with van der Waals surface area (Å²) in [5, 5.41) is 0. The molecule has 0 spiro atoms. The van der Waals surface area contributed by atoms with Gasteiger partial charge in [0.1, 0.15) is 17.7 Å². The first kappa shape index (κ1) is 32.7. The maximum Gasteiger partial charge on any atom is 0.339 e. The van der Waals surface area contributed by atoms with E-state index in [0.717, 1.165) is 89.6 Å². The van der Waals surface area contributed by atoms with Crippen molar-refractivity contribution in [2.24, 2.45) is 16.8 Å². The number of carbonyl (C=O) groups is 3. The molecule has 0 bridgehead atoms. The second-order valence-corrected chi connectivity index (χ2v) is 14.0. The van der Waals surface area contributed by atoms with Crippen molar-refractivity contribution in [1.29, 1.82) is 0 Å². The van der Waals surface area contributed by atoms with Crippen molar-refractivity contribution in [2.75, 3.05) is 0 Å². The largest absolute Gasteiger partial charge is 0.456 e. The minimum absolute atomic E-state index is 0.179. The molecule has 0 aliphatic heterocycles. The molecule has 0 radical (unpaired) electrons. The maximum atomic E-state index is 13.1. The molecule has 45 heavy (non-hydrogen) atoms. The van der Waals surface area contributed by atoms with E-state index in [1.54, 1.807) is 6.07 Å². The molecule has 1 fully saturated rings. The Morgan fingerprint density at radius 3 is 2.56 bits per heavy atom. The van der Waals surface area contributed by atoms with E-state index in [0.29, 0.717) is 24.2 Å². The molecule has 0 saturated heterocycles. The third-order valence-electron chi connectivity index (χ3n) is 8.49. The summed E-state index contributed by atoms with van der Waals surface area (Å²) in [5.74, 6) is -0.0603. The van der Waals surface area contributed by atoms with E-state index in [1.807, 2.05) is 57.2 Å². The zero-order chi connectivity index (χ0) is 32.1. The molecule has 7 nitrogen and oxygen atoms in total. The Morgan fingerprint density at radius 2 is 1.84 bits per heavy atom. The number of benzene rings is 2. The standard InChI is InChI=1S/C37H42BrN3O4/c1-5-6-11-34-40-32-19-17-28(39-35(43)30-10-8-7-9-26(30)23-42)21-33(32)41(34)22-24-12-14-25(15-13-24)29-18-16-27(38)20-31(29)36(44)45-37(2,3)4/h12-20,23,26,30H,5-11,21-22H2,1-4H3/t26-,30-/m1/s1. The van der Waals surface area contributed by atoms with Crippen LogP contribution in [0.5, 0.6) is 0 Å². The van der Waals surface area contributed by atoms with Gasteiger partial charge in [-0.3, -0.25) is 4.79 Å². The van der Waals surface area contributed by atoms with Crippen molar-refractivity contribution in [2.45, 2.75) is 91.2 Å². The second kappa shape index (κ2) is 14.2. The van der Waals surface area contributed by atoms with Gasteiger partial charge in [0.05, 0.1) is 22.7 Å². The van der Waals surface area contributed by atoms with Gasteiger partial charge in [-0.25, -0.2) is 14.8 Å². The predicted octanol–water partition coefficient (Wildman–Crippen LogP) is 8.20. The number of ether oxygens (including phenoxy) is 1. The Kier molecular flexibility index (Phi) is 10.3. The van der Waals surface area contributed by atoms with Crippen molar-refractivity contribution in [1.82, 2.24) is 9.55 Å². The predicted molar refractivity (Wildman–Crippen MR) is 181 cm³/mol. The lowest BCUT2D eigenvalue weighted by atomic mass is 9.79. The first-order valence-corrected chi connectivity index (χ1v) is 16.8. The number of carbonyl (C=O) groups excluding carboxylic acids is 3. The number of amides is 1. The molecular formula is C37H42BrN3O4. The third-order valence-corrected chi connectivity index (χ3v) is 8.98. The molecule has 0 N–H and O–H groups in total. The summed E-state index contributed by atoms with van der Waals surface area (Å²) in [4.78, 5) is 47.3. The Bertz CT molecular complexity index is 1630. The number of hydrogen-bond donors (Lipinski definition) is 0. The van der Waals surface area contributed by atoms with Gasteiger partial charge in [0.25, 0.3) is 0 Å². The number of allylic oxidation sites excluding steroid dienone is 1. The number of unbranched alkanes of at least 4 members (excludes halogenated alkanes) is 1. The average molecular weight is 673 g/mol. The van der Waals surface area contributed by atoms with Crippen LogP contribution in [-0.2, 0) is 33.7 Å². The van der Waals surface area contributed by atoms with Crippen LogP contribution >= 0.6 is 15.9 Å². The van der Waals surface area contributed by atoms with Crippen LogP contribution in [0.4, 0.5) is 0 Å². The molecule has 2 aromatic carbocycles. The van der Waals surface area contributed by atoms with Crippen LogP contribution in [0.3, 0.4) is 0 Å². The van der Waals surface area contributed by atoms with Gasteiger partial charge in [0, 0.05) is 35.7 Å². The number of rotatable bonds is 9. The van der Waals surface area contributed by atoms with Gasteiger partial charge in [0.15, 0.2) is 0 Å². The Labute approximate surface area is 274 Å². The summed E-state index contributed by atoms with van der Waals surface area (Å²) in [5.41, 5.74) is 5.45. The molecule has 0 unspecified atom stereocenters. The molecule has 2 aliphatic carbocycles. The van der Waals surface area contributed by atoms with Crippen LogP contribution in [0.2, 0.25) is 0 Å². The minimum Gasteiger partial charge on any atom is -0.456 e.